The summed E-state index contributed by atoms with van der Waals surface area (Å²) in [5.74, 6) is -2.98. The molecule has 0 unspecified atom stereocenters. The third-order valence-corrected chi connectivity index (χ3v) is 3.41. The van der Waals surface area contributed by atoms with Crippen LogP contribution in [0.2, 0.25) is 0 Å². The van der Waals surface area contributed by atoms with Crippen molar-refractivity contribution in [3.05, 3.63) is 0 Å². The highest BCUT2D eigenvalue weighted by molar-refractivity contribution is 7.59. The van der Waals surface area contributed by atoms with Gasteiger partial charge < -0.3 is 9.47 Å². The van der Waals surface area contributed by atoms with Crippen LogP contribution in [0.3, 0.4) is 0 Å². The average molecular weight is 330 g/mol. The zero-order valence-electron chi connectivity index (χ0n) is 10.8. The second-order valence-corrected chi connectivity index (χ2v) is 4.98. The lowest BCUT2D eigenvalue weighted by atomic mass is 10.5. The van der Waals surface area contributed by atoms with Gasteiger partial charge in [0.15, 0.2) is 13.1 Å². The highest BCUT2D eigenvalue weighted by atomic mass is 32.2. The minimum absolute atomic E-state index is 0.133. The number of hydrogen-bond acceptors (Lipinski definition) is 8. The van der Waals surface area contributed by atoms with E-state index in [9.17, 15) is 26.4 Å². The second-order valence-electron chi connectivity index (χ2n) is 3.23. The first-order chi connectivity index (χ1) is 9.36. The maximum Gasteiger partial charge on any atom is 0.547 e. The molecule has 0 spiro atoms. The van der Waals surface area contributed by atoms with Gasteiger partial charge in [0.2, 0.25) is 0 Å². The predicted octanol–water partition coefficient (Wildman–Crippen LogP) is -2.52. The molecule has 12 heteroatoms. The Kier molecular flexibility index (Phi) is 8.71. The lowest BCUT2D eigenvalue weighted by Gasteiger charge is -1.94. The van der Waals surface area contributed by atoms with E-state index in [2.05, 4.69) is 9.47 Å². The van der Waals surface area contributed by atoms with Crippen molar-refractivity contribution in [1.82, 2.24) is 0 Å². The minimum Gasteiger partial charge on any atom is -0.378 e. The number of nitrogens with zero attached hydrogens (tertiary/aromatic N) is 2. The number of amides is 2. The quantitative estimate of drug-likeness (QED) is 0.386. The minimum atomic E-state index is -3.02. The summed E-state index contributed by atoms with van der Waals surface area (Å²) >= 11 is 0. The molecule has 0 bridgehead atoms. The van der Waals surface area contributed by atoms with Crippen LogP contribution in [-0.2, 0) is 40.1 Å². The summed E-state index contributed by atoms with van der Waals surface area (Å²) < 4.78 is 53.0. The fourth-order valence-electron chi connectivity index (χ4n) is 1.05. The third-order valence-electron chi connectivity index (χ3n) is 1.99. The van der Waals surface area contributed by atoms with Crippen molar-refractivity contribution in [3.63, 3.8) is 0 Å². The molecular formula is C8H14N2O8S2+2. The number of methoxy groups -OCH3 is 2. The van der Waals surface area contributed by atoms with Crippen LogP contribution in [0.15, 0.2) is 0 Å². The average Bonchev–Trinajstić information content (AvgIpc) is 2.38. The zero-order chi connectivity index (χ0) is 15.7. The number of carbonyl (C=O) groups is 2. The summed E-state index contributed by atoms with van der Waals surface area (Å²) in [6.07, 6.45) is 0. The van der Waals surface area contributed by atoms with Gasteiger partial charge in [-0.3, -0.25) is 0 Å². The summed E-state index contributed by atoms with van der Waals surface area (Å²) in [7, 11) is -3.49. The normalized spacial score (nSPS) is 9.90. The smallest absolute Gasteiger partial charge is 0.378 e. The van der Waals surface area contributed by atoms with Crippen LogP contribution >= 0.6 is 0 Å². The molecule has 0 radical (unpaired) electrons. The van der Waals surface area contributed by atoms with Gasteiger partial charge >= 0.3 is 32.8 Å². The lowest BCUT2D eigenvalue weighted by molar-refractivity contribution is -0.463. The Balaban J connectivity index is 5.42. The highest BCUT2D eigenvalue weighted by Gasteiger charge is 2.41. The molecule has 0 fully saturated rings. The van der Waals surface area contributed by atoms with E-state index >= 15 is 0 Å². The first-order valence-corrected chi connectivity index (χ1v) is 7.23. The Morgan fingerprint density at radius 3 is 1.30 bits per heavy atom. The van der Waals surface area contributed by atoms with Crippen LogP contribution in [0.1, 0.15) is 0 Å². The first-order valence-electron chi connectivity index (χ1n) is 5.16. The summed E-state index contributed by atoms with van der Waals surface area (Å²) in [6, 6.07) is 0. The van der Waals surface area contributed by atoms with Crippen molar-refractivity contribution in [1.29, 1.82) is 0 Å². The Morgan fingerprint density at radius 2 is 1.10 bits per heavy atom. The number of ether oxygens (including phenoxy) is 2. The fraction of sp³-hybridized carbons (Fsp3) is 0.750. The van der Waals surface area contributed by atoms with E-state index in [4.69, 9.17) is 0 Å². The molecule has 0 atom stereocenters. The molecule has 0 aliphatic carbocycles. The van der Waals surface area contributed by atoms with Gasteiger partial charge in [-0.2, -0.15) is 0 Å². The molecule has 114 valence electrons. The van der Waals surface area contributed by atoms with Crippen LogP contribution in [0.5, 0.6) is 0 Å². The van der Waals surface area contributed by atoms with Gasteiger partial charge in [-0.05, 0) is 7.89 Å². The summed E-state index contributed by atoms with van der Waals surface area (Å²) in [4.78, 5) is 23.3. The van der Waals surface area contributed by atoms with Crippen molar-refractivity contribution >= 4 is 32.8 Å². The van der Waals surface area contributed by atoms with Gasteiger partial charge in [-0.15, -0.1) is 16.8 Å². The molecule has 10 nitrogen and oxygen atoms in total. The van der Waals surface area contributed by atoms with Gasteiger partial charge in [0, 0.05) is 14.2 Å². The van der Waals surface area contributed by atoms with Gasteiger partial charge in [-0.25, -0.2) is 9.59 Å². The number of carbonyl (C=O) groups excluding carboxylic acids is 2. The van der Waals surface area contributed by atoms with Crippen molar-refractivity contribution in [3.8, 4) is 0 Å². The Morgan fingerprint density at radius 1 is 0.800 bits per heavy atom. The third kappa shape index (κ3) is 5.64. The fourth-order valence-corrected chi connectivity index (χ4v) is 1.92. The monoisotopic (exact) mass is 330 g/mol. The molecular weight excluding hydrogens is 316 g/mol. The van der Waals surface area contributed by atoms with Crippen LogP contribution in [0.25, 0.3) is 0 Å². The maximum absolute atomic E-state index is 11.7. The molecule has 0 aromatic carbocycles. The van der Waals surface area contributed by atoms with Gasteiger partial charge in [0.05, 0.1) is 0 Å². The molecule has 0 aromatic heterocycles. The topological polar surface area (TPSA) is 127 Å². The SMILES string of the molecule is COCC[N+](C(=O)C(=O)[N+](CCOC)=S(=O)=O)=S(=O)=O. The second kappa shape index (κ2) is 9.41. The van der Waals surface area contributed by atoms with E-state index in [1.165, 1.54) is 14.2 Å². The number of hydrogen-bond donors (Lipinski definition) is 0. The Hall–Kier alpha value is -1.50. The first kappa shape index (κ1) is 18.5. The van der Waals surface area contributed by atoms with Crippen molar-refractivity contribution in [2.24, 2.45) is 0 Å². The summed E-state index contributed by atoms with van der Waals surface area (Å²) in [6.45, 7) is -1.07. The van der Waals surface area contributed by atoms with Crippen LogP contribution in [0.4, 0.5) is 0 Å². The molecule has 0 aliphatic rings. The molecule has 0 saturated heterocycles. The van der Waals surface area contributed by atoms with E-state index in [0.717, 1.165) is 0 Å². The van der Waals surface area contributed by atoms with E-state index in [1.807, 2.05) is 0 Å². The van der Waals surface area contributed by atoms with Crippen LogP contribution < -0.4 is 0 Å². The highest BCUT2D eigenvalue weighted by Crippen LogP contribution is 1.88. The van der Waals surface area contributed by atoms with Gasteiger partial charge in [-0.1, -0.05) is 0 Å². The van der Waals surface area contributed by atoms with E-state index < -0.39 is 45.9 Å². The Labute approximate surface area is 117 Å². The molecule has 0 rings (SSSR count). The summed E-state index contributed by atoms with van der Waals surface area (Å²) in [5.41, 5.74) is 0. The van der Waals surface area contributed by atoms with Crippen LogP contribution in [0, 0.1) is 0 Å². The predicted molar refractivity (Wildman–Crippen MR) is 61.9 cm³/mol. The molecule has 0 N–H and O–H groups in total. The molecule has 2 amide bonds. The number of rotatable bonds is 6. The lowest BCUT2D eigenvalue weighted by Crippen LogP contribution is -2.38. The molecule has 20 heavy (non-hydrogen) atoms. The summed E-state index contributed by atoms with van der Waals surface area (Å²) in [5, 5.41) is 0. The van der Waals surface area contributed by atoms with Crippen molar-refractivity contribution < 1.29 is 43.8 Å². The molecule has 0 aliphatic heterocycles. The Bertz CT molecular complexity index is 572. The zero-order valence-corrected chi connectivity index (χ0v) is 12.4. The largest absolute Gasteiger partial charge is 0.547 e. The van der Waals surface area contributed by atoms with Crippen molar-refractivity contribution in [2.45, 2.75) is 0 Å². The van der Waals surface area contributed by atoms with E-state index in [1.54, 1.807) is 0 Å². The standard InChI is InChI=1S/C8H14N2O8S2/c1-17-5-3-9(19(13)14)7(11)8(12)10(20(15)16)4-6-18-2/h3-6H2,1-2H3/q+2. The van der Waals surface area contributed by atoms with Crippen molar-refractivity contribution in [2.75, 3.05) is 40.5 Å². The molecule has 0 heterocycles. The molecule has 0 saturated carbocycles. The van der Waals surface area contributed by atoms with E-state index in [0.29, 0.717) is 0 Å². The van der Waals surface area contributed by atoms with E-state index in [-0.39, 0.29) is 21.1 Å². The maximum atomic E-state index is 11.7. The van der Waals surface area contributed by atoms with Crippen LogP contribution in [-0.4, -0.2) is 77.1 Å². The molecule has 0 aromatic rings. The van der Waals surface area contributed by atoms with Gasteiger partial charge in [0.25, 0.3) is 0 Å². The van der Waals surface area contributed by atoms with Gasteiger partial charge in [0.1, 0.15) is 13.2 Å².